The predicted molar refractivity (Wildman–Crippen MR) is 88.7 cm³/mol. The molecular weight excluding hydrogens is 308 g/mol. The van der Waals surface area contributed by atoms with Gasteiger partial charge in [0.15, 0.2) is 5.69 Å². The number of hydrogen-bond acceptors (Lipinski definition) is 4. The highest BCUT2D eigenvalue weighted by molar-refractivity contribution is 7.10. The second kappa shape index (κ2) is 5.96. The molecule has 1 aromatic carbocycles. The molecule has 6 heteroatoms. The molecule has 3 aromatic rings. The molecule has 1 fully saturated rings. The Labute approximate surface area is 138 Å². The van der Waals surface area contributed by atoms with Crippen molar-refractivity contribution in [2.45, 2.75) is 18.9 Å². The number of hydrogen-bond donors (Lipinski definition) is 0. The van der Waals surface area contributed by atoms with Gasteiger partial charge < -0.3 is 4.90 Å². The van der Waals surface area contributed by atoms with Crippen molar-refractivity contribution in [1.82, 2.24) is 19.9 Å². The molecule has 2 aromatic heterocycles. The molecule has 4 rings (SSSR count). The van der Waals surface area contributed by atoms with Crippen LogP contribution in [0.15, 0.2) is 54.0 Å². The van der Waals surface area contributed by atoms with Gasteiger partial charge in [-0.15, -0.1) is 16.4 Å². The minimum absolute atomic E-state index is 0.0388. The maximum atomic E-state index is 12.8. The van der Waals surface area contributed by atoms with Crippen molar-refractivity contribution in [3.05, 3.63) is 64.6 Å². The summed E-state index contributed by atoms with van der Waals surface area (Å²) in [5.74, 6) is -0.0388. The average Bonchev–Trinajstić information content (AvgIpc) is 3.34. The van der Waals surface area contributed by atoms with E-state index < -0.39 is 0 Å². The van der Waals surface area contributed by atoms with Crippen molar-refractivity contribution >= 4 is 17.2 Å². The number of benzene rings is 1. The van der Waals surface area contributed by atoms with Crippen LogP contribution in [0.25, 0.3) is 5.69 Å². The van der Waals surface area contributed by atoms with E-state index in [0.717, 1.165) is 25.1 Å². The third kappa shape index (κ3) is 2.66. The van der Waals surface area contributed by atoms with Gasteiger partial charge in [0.25, 0.3) is 5.91 Å². The molecule has 116 valence electrons. The number of rotatable bonds is 3. The number of para-hydroxylation sites is 1. The molecule has 5 nitrogen and oxygen atoms in total. The predicted octanol–water partition coefficient (Wildman–Crippen LogP) is 3.31. The van der Waals surface area contributed by atoms with Crippen LogP contribution in [0.5, 0.6) is 0 Å². The largest absolute Gasteiger partial charge is 0.329 e. The lowest BCUT2D eigenvalue weighted by molar-refractivity contribution is 0.0731. The van der Waals surface area contributed by atoms with Crippen molar-refractivity contribution in [3.8, 4) is 5.69 Å². The highest BCUT2D eigenvalue weighted by atomic mass is 32.1. The summed E-state index contributed by atoms with van der Waals surface area (Å²) in [6.07, 6.45) is 3.60. The summed E-state index contributed by atoms with van der Waals surface area (Å²) >= 11 is 1.70. The fraction of sp³-hybridized carbons (Fsp3) is 0.235. The summed E-state index contributed by atoms with van der Waals surface area (Å²) < 4.78 is 0. The summed E-state index contributed by atoms with van der Waals surface area (Å²) in [6, 6.07) is 13.9. The van der Waals surface area contributed by atoms with Crippen LogP contribution in [0.3, 0.4) is 0 Å². The van der Waals surface area contributed by atoms with Crippen molar-refractivity contribution in [1.29, 1.82) is 0 Å². The molecular formula is C17H16N4OS. The van der Waals surface area contributed by atoms with Gasteiger partial charge in [-0.1, -0.05) is 24.3 Å². The summed E-state index contributed by atoms with van der Waals surface area (Å²) in [5, 5.41) is 10.6. The van der Waals surface area contributed by atoms with Gasteiger partial charge in [-0.05, 0) is 36.4 Å². The SMILES string of the molecule is O=C(c1cnn(-c2ccccc2)n1)N1CCCC1c1cccs1. The number of likely N-dealkylation sites (tertiary alicyclic amines) is 1. The molecule has 0 aliphatic carbocycles. The molecule has 1 aliphatic heterocycles. The average molecular weight is 324 g/mol. The molecule has 0 radical (unpaired) electrons. The van der Waals surface area contributed by atoms with E-state index in [9.17, 15) is 4.79 Å². The summed E-state index contributed by atoms with van der Waals surface area (Å²) in [7, 11) is 0. The van der Waals surface area contributed by atoms with Gasteiger partial charge in [0.1, 0.15) is 0 Å². The summed E-state index contributed by atoms with van der Waals surface area (Å²) in [5.41, 5.74) is 1.25. The third-order valence-electron chi connectivity index (χ3n) is 4.08. The first-order valence-corrected chi connectivity index (χ1v) is 8.53. The monoisotopic (exact) mass is 324 g/mol. The molecule has 23 heavy (non-hydrogen) atoms. The minimum atomic E-state index is -0.0388. The van der Waals surface area contributed by atoms with Crippen LogP contribution in [0.1, 0.15) is 34.2 Å². The van der Waals surface area contributed by atoms with Crippen LogP contribution in [0.4, 0.5) is 0 Å². The molecule has 0 bridgehead atoms. The number of carbonyl (C=O) groups excluding carboxylic acids is 1. The van der Waals surface area contributed by atoms with Gasteiger partial charge in [0.2, 0.25) is 0 Å². The van der Waals surface area contributed by atoms with E-state index in [1.807, 2.05) is 41.3 Å². The Morgan fingerprint density at radius 3 is 2.83 bits per heavy atom. The van der Waals surface area contributed by atoms with Crippen molar-refractivity contribution < 1.29 is 4.79 Å². The fourth-order valence-corrected chi connectivity index (χ4v) is 3.85. The van der Waals surface area contributed by atoms with Gasteiger partial charge in [0, 0.05) is 11.4 Å². The Balaban J connectivity index is 1.59. The first-order chi connectivity index (χ1) is 11.3. The van der Waals surface area contributed by atoms with Gasteiger partial charge in [-0.25, -0.2) is 0 Å². The lowest BCUT2D eigenvalue weighted by Gasteiger charge is -2.22. The number of aromatic nitrogens is 3. The molecule has 1 aliphatic rings. The van der Waals surface area contributed by atoms with E-state index in [1.165, 1.54) is 9.67 Å². The zero-order valence-electron chi connectivity index (χ0n) is 12.5. The maximum Gasteiger partial charge on any atom is 0.276 e. The summed E-state index contributed by atoms with van der Waals surface area (Å²) in [6.45, 7) is 0.777. The standard InChI is InChI=1S/C17H16N4OS/c22-17(20-10-4-8-15(20)16-9-5-11-23-16)14-12-18-21(19-14)13-6-2-1-3-7-13/h1-3,5-7,9,11-12,15H,4,8,10H2. The van der Waals surface area contributed by atoms with Crippen molar-refractivity contribution in [3.63, 3.8) is 0 Å². The zero-order valence-corrected chi connectivity index (χ0v) is 13.3. The fourth-order valence-electron chi connectivity index (χ4n) is 2.98. The molecule has 1 amide bonds. The van der Waals surface area contributed by atoms with E-state index in [0.29, 0.717) is 5.69 Å². The Kier molecular flexibility index (Phi) is 3.67. The van der Waals surface area contributed by atoms with Crippen molar-refractivity contribution in [2.75, 3.05) is 6.54 Å². The third-order valence-corrected chi connectivity index (χ3v) is 5.06. The minimum Gasteiger partial charge on any atom is -0.329 e. The molecule has 1 saturated heterocycles. The van der Waals surface area contributed by atoms with Crippen molar-refractivity contribution in [2.24, 2.45) is 0 Å². The molecule has 0 N–H and O–H groups in total. The van der Waals surface area contributed by atoms with Gasteiger partial charge >= 0.3 is 0 Å². The Hall–Kier alpha value is -2.47. The van der Waals surface area contributed by atoms with Crippen LogP contribution in [0, 0.1) is 0 Å². The van der Waals surface area contributed by atoms with E-state index >= 15 is 0 Å². The molecule has 3 heterocycles. The van der Waals surface area contributed by atoms with E-state index in [4.69, 9.17) is 0 Å². The highest BCUT2D eigenvalue weighted by Crippen LogP contribution is 2.35. The normalized spacial score (nSPS) is 17.6. The highest BCUT2D eigenvalue weighted by Gasteiger charge is 2.32. The van der Waals surface area contributed by atoms with Crippen LogP contribution in [0.2, 0.25) is 0 Å². The van der Waals surface area contributed by atoms with Crippen LogP contribution in [-0.4, -0.2) is 32.3 Å². The lowest BCUT2D eigenvalue weighted by atomic mass is 10.2. The molecule has 0 saturated carbocycles. The molecule has 1 unspecified atom stereocenters. The van der Waals surface area contributed by atoms with Crippen LogP contribution in [-0.2, 0) is 0 Å². The van der Waals surface area contributed by atoms with E-state index in [1.54, 1.807) is 17.5 Å². The van der Waals surface area contributed by atoms with Gasteiger partial charge in [0.05, 0.1) is 17.9 Å². The number of thiophene rings is 1. The number of amides is 1. The Morgan fingerprint density at radius 2 is 2.04 bits per heavy atom. The van der Waals surface area contributed by atoms with E-state index in [2.05, 4.69) is 21.6 Å². The second-order valence-electron chi connectivity index (χ2n) is 5.53. The lowest BCUT2D eigenvalue weighted by Crippen LogP contribution is -2.30. The second-order valence-corrected chi connectivity index (χ2v) is 6.51. The van der Waals surface area contributed by atoms with Crippen LogP contribution >= 0.6 is 11.3 Å². The number of carbonyl (C=O) groups is 1. The smallest absolute Gasteiger partial charge is 0.276 e. The topological polar surface area (TPSA) is 51.0 Å². The van der Waals surface area contributed by atoms with Gasteiger partial charge in [-0.2, -0.15) is 9.90 Å². The number of nitrogens with zero attached hydrogens (tertiary/aromatic N) is 4. The first-order valence-electron chi connectivity index (χ1n) is 7.65. The Bertz CT molecular complexity index is 797. The maximum absolute atomic E-state index is 12.8. The van der Waals surface area contributed by atoms with Gasteiger partial charge in [-0.3, -0.25) is 4.79 Å². The zero-order chi connectivity index (χ0) is 15.6. The first kappa shape index (κ1) is 14.1. The van der Waals surface area contributed by atoms with E-state index in [-0.39, 0.29) is 11.9 Å². The van der Waals surface area contributed by atoms with Crippen LogP contribution < -0.4 is 0 Å². The molecule has 1 atom stereocenters. The Morgan fingerprint density at radius 1 is 1.17 bits per heavy atom. The molecule has 0 spiro atoms. The summed E-state index contributed by atoms with van der Waals surface area (Å²) in [4.78, 5) is 17.5. The quantitative estimate of drug-likeness (QED) is 0.743.